The second-order valence-corrected chi connectivity index (χ2v) is 5.36. The van der Waals surface area contributed by atoms with Gasteiger partial charge in [0.25, 0.3) is 11.8 Å². The largest absolute Gasteiger partial charge is 0.507 e. The molecule has 6 nitrogen and oxygen atoms in total. The van der Waals surface area contributed by atoms with Gasteiger partial charge in [-0.25, -0.2) is 0 Å². The Bertz CT molecular complexity index is 741. The molecule has 2 amide bonds. The van der Waals surface area contributed by atoms with Crippen LogP contribution in [-0.4, -0.2) is 22.0 Å². The maximum atomic E-state index is 12.1. The molecule has 2 aromatic rings. The van der Waals surface area contributed by atoms with Crippen LogP contribution < -0.4 is 10.9 Å². The summed E-state index contributed by atoms with van der Waals surface area (Å²) < 4.78 is 0. The normalized spacial score (nSPS) is 10.4. The van der Waals surface area contributed by atoms with Gasteiger partial charge in [-0.15, -0.1) is 0 Å². The molecule has 0 saturated carbocycles. The molecule has 0 radical (unpaired) electrons. The summed E-state index contributed by atoms with van der Waals surface area (Å²) in [6.45, 7) is 3.93. The van der Waals surface area contributed by atoms with Gasteiger partial charge in [-0.05, 0) is 35.7 Å². The molecule has 4 N–H and O–H groups in total. The molecule has 0 spiro atoms. The van der Waals surface area contributed by atoms with Crippen LogP contribution in [0.5, 0.6) is 11.5 Å². The first-order valence-electron chi connectivity index (χ1n) is 7.11. The van der Waals surface area contributed by atoms with Gasteiger partial charge in [0.05, 0.1) is 11.1 Å². The molecule has 2 rings (SSSR count). The van der Waals surface area contributed by atoms with Crippen molar-refractivity contribution in [2.24, 2.45) is 0 Å². The third kappa shape index (κ3) is 3.79. The highest BCUT2D eigenvalue weighted by atomic mass is 16.3. The predicted octanol–water partition coefficient (Wildman–Crippen LogP) is 2.30. The Morgan fingerprint density at radius 1 is 0.870 bits per heavy atom. The van der Waals surface area contributed by atoms with Gasteiger partial charge in [-0.3, -0.25) is 20.4 Å². The summed E-state index contributed by atoms with van der Waals surface area (Å²) in [7, 11) is 0. The average molecular weight is 314 g/mol. The number of hydrogen-bond acceptors (Lipinski definition) is 4. The molecule has 0 aliphatic heterocycles. The topological polar surface area (TPSA) is 98.7 Å². The van der Waals surface area contributed by atoms with Gasteiger partial charge in [0.2, 0.25) is 0 Å². The molecule has 6 heteroatoms. The number of hydrogen-bond donors (Lipinski definition) is 4. The van der Waals surface area contributed by atoms with E-state index in [0.717, 1.165) is 5.56 Å². The van der Waals surface area contributed by atoms with Crippen LogP contribution >= 0.6 is 0 Å². The number of carbonyl (C=O) groups is 2. The molecule has 0 bridgehead atoms. The average Bonchev–Trinajstić information content (AvgIpc) is 2.53. The van der Waals surface area contributed by atoms with Gasteiger partial charge in [0, 0.05) is 0 Å². The molecular weight excluding hydrogens is 296 g/mol. The third-order valence-electron chi connectivity index (χ3n) is 3.37. The van der Waals surface area contributed by atoms with Crippen LogP contribution in [0.4, 0.5) is 0 Å². The highest BCUT2D eigenvalue weighted by molar-refractivity contribution is 6.01. The van der Waals surface area contributed by atoms with Gasteiger partial charge in [-0.2, -0.15) is 0 Å². The molecule has 120 valence electrons. The van der Waals surface area contributed by atoms with Crippen LogP contribution in [-0.2, 0) is 0 Å². The van der Waals surface area contributed by atoms with Crippen LogP contribution in [0.2, 0.25) is 0 Å². The maximum Gasteiger partial charge on any atom is 0.273 e. The zero-order valence-electron chi connectivity index (χ0n) is 12.8. The first-order valence-corrected chi connectivity index (χ1v) is 7.11. The molecule has 0 fully saturated rings. The van der Waals surface area contributed by atoms with Gasteiger partial charge in [0.15, 0.2) is 0 Å². The molecular formula is C17H18N2O4. The molecule has 0 atom stereocenters. The van der Waals surface area contributed by atoms with Gasteiger partial charge < -0.3 is 10.2 Å². The Balaban J connectivity index is 2.10. The number of rotatable bonds is 3. The number of nitrogens with one attached hydrogen (secondary N) is 2. The van der Waals surface area contributed by atoms with Crippen molar-refractivity contribution >= 4 is 11.8 Å². The smallest absolute Gasteiger partial charge is 0.273 e. The van der Waals surface area contributed by atoms with Crippen molar-refractivity contribution in [3.8, 4) is 11.5 Å². The minimum atomic E-state index is -0.657. The van der Waals surface area contributed by atoms with E-state index in [-0.39, 0.29) is 28.5 Å². The van der Waals surface area contributed by atoms with E-state index >= 15 is 0 Å². The summed E-state index contributed by atoms with van der Waals surface area (Å²) in [6, 6.07) is 10.7. The summed E-state index contributed by atoms with van der Waals surface area (Å²) in [6.07, 6.45) is 0. The summed E-state index contributed by atoms with van der Waals surface area (Å²) in [5.41, 5.74) is 5.41. The zero-order valence-corrected chi connectivity index (χ0v) is 12.8. The second kappa shape index (κ2) is 6.83. The van der Waals surface area contributed by atoms with Crippen LogP contribution in [0.15, 0.2) is 42.5 Å². The van der Waals surface area contributed by atoms with E-state index < -0.39 is 11.8 Å². The van der Waals surface area contributed by atoms with Crippen molar-refractivity contribution in [1.29, 1.82) is 0 Å². The zero-order chi connectivity index (χ0) is 17.0. The monoisotopic (exact) mass is 314 g/mol. The maximum absolute atomic E-state index is 12.1. The lowest BCUT2D eigenvalue weighted by molar-refractivity contribution is 0.0843. The molecule has 23 heavy (non-hydrogen) atoms. The van der Waals surface area contributed by atoms with E-state index in [4.69, 9.17) is 0 Å². The van der Waals surface area contributed by atoms with E-state index in [0.29, 0.717) is 0 Å². The molecule has 0 aliphatic carbocycles. The molecule has 0 aromatic heterocycles. The van der Waals surface area contributed by atoms with Crippen molar-refractivity contribution in [3.63, 3.8) is 0 Å². The SMILES string of the molecule is CC(C)c1ccc(O)c(C(=O)NNC(=O)c2ccccc2O)c1. The quantitative estimate of drug-likeness (QED) is 0.653. The molecule has 0 heterocycles. The molecule has 0 unspecified atom stereocenters. The van der Waals surface area contributed by atoms with Crippen LogP contribution in [0.1, 0.15) is 46.0 Å². The number of hydrazine groups is 1. The number of amides is 2. The summed E-state index contributed by atoms with van der Waals surface area (Å²) in [5.74, 6) is -1.48. The highest BCUT2D eigenvalue weighted by Crippen LogP contribution is 2.23. The van der Waals surface area contributed by atoms with Crippen LogP contribution in [0, 0.1) is 0 Å². The minimum absolute atomic E-state index is 0.0351. The van der Waals surface area contributed by atoms with Crippen molar-refractivity contribution in [3.05, 3.63) is 59.2 Å². The van der Waals surface area contributed by atoms with Gasteiger partial charge in [0.1, 0.15) is 11.5 Å². The fraction of sp³-hybridized carbons (Fsp3) is 0.176. The van der Waals surface area contributed by atoms with Crippen molar-refractivity contribution in [2.75, 3.05) is 0 Å². The van der Waals surface area contributed by atoms with Crippen molar-refractivity contribution in [1.82, 2.24) is 10.9 Å². The highest BCUT2D eigenvalue weighted by Gasteiger charge is 2.15. The number of phenols is 2. The Labute approximate surface area is 133 Å². The second-order valence-electron chi connectivity index (χ2n) is 5.36. The predicted molar refractivity (Wildman–Crippen MR) is 85.2 cm³/mol. The summed E-state index contributed by atoms with van der Waals surface area (Å²) in [4.78, 5) is 24.0. The first kappa shape index (κ1) is 16.4. The van der Waals surface area contributed by atoms with Gasteiger partial charge in [-0.1, -0.05) is 32.0 Å². The Kier molecular flexibility index (Phi) is 4.85. The van der Waals surface area contributed by atoms with E-state index in [2.05, 4.69) is 10.9 Å². The number of para-hydroxylation sites is 1. The first-order chi connectivity index (χ1) is 10.9. The van der Waals surface area contributed by atoms with Gasteiger partial charge >= 0.3 is 0 Å². The van der Waals surface area contributed by atoms with Crippen molar-refractivity contribution in [2.45, 2.75) is 19.8 Å². The Morgan fingerprint density at radius 3 is 2.04 bits per heavy atom. The fourth-order valence-electron chi connectivity index (χ4n) is 2.01. The van der Waals surface area contributed by atoms with Crippen LogP contribution in [0.25, 0.3) is 0 Å². The summed E-state index contributed by atoms with van der Waals surface area (Å²) in [5, 5.41) is 19.4. The minimum Gasteiger partial charge on any atom is -0.507 e. The third-order valence-corrected chi connectivity index (χ3v) is 3.37. The lowest BCUT2D eigenvalue weighted by Crippen LogP contribution is -2.41. The van der Waals surface area contributed by atoms with E-state index in [1.807, 2.05) is 13.8 Å². The van der Waals surface area contributed by atoms with E-state index in [1.165, 1.54) is 18.2 Å². The number of benzene rings is 2. The lowest BCUT2D eigenvalue weighted by atomic mass is 10.00. The molecule has 0 saturated heterocycles. The Hall–Kier alpha value is -3.02. The molecule has 2 aromatic carbocycles. The number of phenolic OH excluding ortho intramolecular Hbond substituents is 2. The Morgan fingerprint density at radius 2 is 1.43 bits per heavy atom. The lowest BCUT2D eigenvalue weighted by Gasteiger charge is -2.12. The fourth-order valence-corrected chi connectivity index (χ4v) is 2.01. The standard InChI is InChI=1S/C17H18N2O4/c1-10(2)11-7-8-15(21)13(9-11)17(23)19-18-16(22)12-5-3-4-6-14(12)20/h3-10,20-21H,1-2H3,(H,18,22)(H,19,23). The number of carbonyl (C=O) groups excluding carboxylic acids is 2. The molecule has 0 aliphatic rings. The van der Waals surface area contributed by atoms with Crippen molar-refractivity contribution < 1.29 is 19.8 Å². The number of aromatic hydroxyl groups is 2. The van der Waals surface area contributed by atoms with E-state index in [1.54, 1.807) is 24.3 Å². The summed E-state index contributed by atoms with van der Waals surface area (Å²) >= 11 is 0. The van der Waals surface area contributed by atoms with Crippen LogP contribution in [0.3, 0.4) is 0 Å². The van der Waals surface area contributed by atoms with E-state index in [9.17, 15) is 19.8 Å².